The summed E-state index contributed by atoms with van der Waals surface area (Å²) in [5.41, 5.74) is 0. The van der Waals surface area contributed by atoms with Crippen LogP contribution in [0.1, 0.15) is 29.8 Å². The predicted octanol–water partition coefficient (Wildman–Crippen LogP) is 1.41. The maximum absolute atomic E-state index is 9.39. The zero-order valence-electron chi connectivity index (χ0n) is 7.73. The molecule has 0 saturated heterocycles. The monoisotopic (exact) mass is 198 g/mol. The van der Waals surface area contributed by atoms with Crippen molar-refractivity contribution >= 4 is 11.3 Å². The average molecular weight is 198 g/mol. The highest BCUT2D eigenvalue weighted by atomic mass is 32.1. The summed E-state index contributed by atoms with van der Waals surface area (Å²) in [6.07, 6.45) is 3.89. The largest absolute Gasteiger partial charge is 0.393 e. The van der Waals surface area contributed by atoms with E-state index >= 15 is 0 Å². The predicted molar refractivity (Wildman–Crippen MR) is 51.7 cm³/mol. The Bertz CT molecular complexity index is 287. The maximum Gasteiger partial charge on any atom is 0.117 e. The summed E-state index contributed by atoms with van der Waals surface area (Å²) < 4.78 is 0. The minimum absolute atomic E-state index is 0.0889. The van der Waals surface area contributed by atoms with Gasteiger partial charge in [-0.1, -0.05) is 6.92 Å². The summed E-state index contributed by atoms with van der Waals surface area (Å²) >= 11 is 1.68. The standard InChI is InChI=1S/C9H14N2OS/c1-2-8-10-11-9(13-8)5-6-3-4-7(6)12/h6-7,12H,2-5H2,1H3. The fourth-order valence-electron chi connectivity index (χ4n) is 1.53. The van der Waals surface area contributed by atoms with Crippen LogP contribution in [0.4, 0.5) is 0 Å². The first-order valence-corrected chi connectivity index (χ1v) is 5.60. The average Bonchev–Trinajstić information content (AvgIpc) is 2.59. The van der Waals surface area contributed by atoms with Gasteiger partial charge >= 0.3 is 0 Å². The molecule has 1 aliphatic rings. The molecule has 1 aromatic heterocycles. The van der Waals surface area contributed by atoms with Crippen molar-refractivity contribution < 1.29 is 5.11 Å². The molecule has 1 fully saturated rings. The molecule has 0 radical (unpaired) electrons. The number of aryl methyl sites for hydroxylation is 1. The molecule has 1 aromatic rings. The van der Waals surface area contributed by atoms with Gasteiger partial charge < -0.3 is 5.11 Å². The summed E-state index contributed by atoms with van der Waals surface area (Å²) in [5.74, 6) is 0.442. The molecule has 2 rings (SSSR count). The van der Waals surface area contributed by atoms with Gasteiger partial charge in [0.1, 0.15) is 10.0 Å². The molecule has 0 aromatic carbocycles. The van der Waals surface area contributed by atoms with Crippen molar-refractivity contribution in [2.24, 2.45) is 5.92 Å². The molecule has 2 unspecified atom stereocenters. The highest BCUT2D eigenvalue weighted by molar-refractivity contribution is 7.11. The van der Waals surface area contributed by atoms with Gasteiger partial charge in [-0.2, -0.15) is 0 Å². The second-order valence-electron chi connectivity index (χ2n) is 3.55. The van der Waals surface area contributed by atoms with Crippen molar-refractivity contribution in [3.8, 4) is 0 Å². The quantitative estimate of drug-likeness (QED) is 0.799. The first-order valence-electron chi connectivity index (χ1n) is 4.79. The van der Waals surface area contributed by atoms with Crippen LogP contribution in [0.2, 0.25) is 0 Å². The van der Waals surface area contributed by atoms with E-state index in [9.17, 15) is 5.11 Å². The molecular formula is C9H14N2OS. The fraction of sp³-hybridized carbons (Fsp3) is 0.778. The van der Waals surface area contributed by atoms with Crippen molar-refractivity contribution in [1.82, 2.24) is 10.2 Å². The lowest BCUT2D eigenvalue weighted by atomic mass is 9.80. The Kier molecular flexibility index (Phi) is 2.60. The second kappa shape index (κ2) is 3.72. The maximum atomic E-state index is 9.39. The molecule has 72 valence electrons. The molecule has 0 amide bonds. The van der Waals surface area contributed by atoms with E-state index in [2.05, 4.69) is 17.1 Å². The first kappa shape index (κ1) is 9.09. The molecule has 3 nitrogen and oxygen atoms in total. The van der Waals surface area contributed by atoms with Crippen LogP contribution >= 0.6 is 11.3 Å². The smallest absolute Gasteiger partial charge is 0.117 e. The number of hydrogen-bond donors (Lipinski definition) is 1. The van der Waals surface area contributed by atoms with Crippen LogP contribution in [0.3, 0.4) is 0 Å². The first-order chi connectivity index (χ1) is 6.29. The topological polar surface area (TPSA) is 46.0 Å². The SMILES string of the molecule is CCc1nnc(CC2CCC2O)s1. The van der Waals surface area contributed by atoms with E-state index in [0.29, 0.717) is 5.92 Å². The third-order valence-electron chi connectivity index (χ3n) is 2.63. The van der Waals surface area contributed by atoms with E-state index in [4.69, 9.17) is 0 Å². The van der Waals surface area contributed by atoms with Crippen molar-refractivity contribution in [3.63, 3.8) is 0 Å². The molecule has 1 saturated carbocycles. The van der Waals surface area contributed by atoms with Crippen LogP contribution in [-0.4, -0.2) is 21.4 Å². The lowest BCUT2D eigenvalue weighted by Crippen LogP contribution is -2.32. The van der Waals surface area contributed by atoms with Crippen LogP contribution in [-0.2, 0) is 12.8 Å². The van der Waals surface area contributed by atoms with Gasteiger partial charge in [0.2, 0.25) is 0 Å². The lowest BCUT2D eigenvalue weighted by molar-refractivity contribution is 0.0243. The molecule has 0 spiro atoms. The van der Waals surface area contributed by atoms with Gasteiger partial charge in [0, 0.05) is 6.42 Å². The Morgan fingerprint density at radius 2 is 2.15 bits per heavy atom. The molecule has 2 atom stereocenters. The van der Waals surface area contributed by atoms with Crippen molar-refractivity contribution in [3.05, 3.63) is 10.0 Å². The van der Waals surface area contributed by atoms with E-state index < -0.39 is 0 Å². The summed E-state index contributed by atoms with van der Waals surface area (Å²) in [6, 6.07) is 0. The number of nitrogens with zero attached hydrogens (tertiary/aromatic N) is 2. The number of aromatic nitrogens is 2. The fourth-order valence-corrected chi connectivity index (χ4v) is 2.40. The zero-order chi connectivity index (χ0) is 9.26. The summed E-state index contributed by atoms with van der Waals surface area (Å²) in [6.45, 7) is 2.09. The third kappa shape index (κ3) is 1.89. The van der Waals surface area contributed by atoms with Gasteiger partial charge in [-0.25, -0.2) is 0 Å². The van der Waals surface area contributed by atoms with E-state index in [0.717, 1.165) is 35.7 Å². The normalized spacial score (nSPS) is 27.2. The molecule has 4 heteroatoms. The number of aliphatic hydroxyl groups excluding tert-OH is 1. The van der Waals surface area contributed by atoms with E-state index in [-0.39, 0.29) is 6.10 Å². The highest BCUT2D eigenvalue weighted by Crippen LogP contribution is 2.31. The number of hydrogen-bond acceptors (Lipinski definition) is 4. The Balaban J connectivity index is 1.93. The molecule has 1 N–H and O–H groups in total. The van der Waals surface area contributed by atoms with E-state index in [1.807, 2.05) is 0 Å². The molecule has 1 aliphatic carbocycles. The molecule has 0 aliphatic heterocycles. The van der Waals surface area contributed by atoms with Crippen molar-refractivity contribution in [2.75, 3.05) is 0 Å². The van der Waals surface area contributed by atoms with Gasteiger partial charge in [-0.15, -0.1) is 21.5 Å². The number of rotatable bonds is 3. The number of aliphatic hydroxyl groups is 1. The minimum Gasteiger partial charge on any atom is -0.393 e. The lowest BCUT2D eigenvalue weighted by Gasteiger charge is -2.31. The molecule has 0 bridgehead atoms. The summed E-state index contributed by atoms with van der Waals surface area (Å²) in [7, 11) is 0. The Morgan fingerprint density at radius 1 is 1.38 bits per heavy atom. The Labute approximate surface area is 81.8 Å². The van der Waals surface area contributed by atoms with Crippen LogP contribution in [0, 0.1) is 5.92 Å². The summed E-state index contributed by atoms with van der Waals surface area (Å²) in [4.78, 5) is 0. The zero-order valence-corrected chi connectivity index (χ0v) is 8.55. The molecular weight excluding hydrogens is 184 g/mol. The van der Waals surface area contributed by atoms with Gasteiger partial charge in [0.05, 0.1) is 6.10 Å². The Hall–Kier alpha value is -0.480. The minimum atomic E-state index is -0.0889. The van der Waals surface area contributed by atoms with Gasteiger partial charge in [0.15, 0.2) is 0 Å². The van der Waals surface area contributed by atoms with Crippen LogP contribution in [0.5, 0.6) is 0 Å². The Morgan fingerprint density at radius 3 is 2.62 bits per heavy atom. The van der Waals surface area contributed by atoms with E-state index in [1.54, 1.807) is 11.3 Å². The van der Waals surface area contributed by atoms with Gasteiger partial charge in [-0.05, 0) is 25.2 Å². The van der Waals surface area contributed by atoms with Crippen LogP contribution in [0.25, 0.3) is 0 Å². The highest BCUT2D eigenvalue weighted by Gasteiger charge is 2.29. The van der Waals surface area contributed by atoms with Crippen molar-refractivity contribution in [1.29, 1.82) is 0 Å². The van der Waals surface area contributed by atoms with E-state index in [1.165, 1.54) is 0 Å². The van der Waals surface area contributed by atoms with Crippen molar-refractivity contribution in [2.45, 2.75) is 38.7 Å². The van der Waals surface area contributed by atoms with Crippen LogP contribution < -0.4 is 0 Å². The van der Waals surface area contributed by atoms with Crippen LogP contribution in [0.15, 0.2) is 0 Å². The third-order valence-corrected chi connectivity index (χ3v) is 3.72. The molecule has 1 heterocycles. The van der Waals surface area contributed by atoms with Gasteiger partial charge in [0.25, 0.3) is 0 Å². The summed E-state index contributed by atoms with van der Waals surface area (Å²) in [5, 5.41) is 19.7. The van der Waals surface area contributed by atoms with Gasteiger partial charge in [-0.3, -0.25) is 0 Å². The second-order valence-corrected chi connectivity index (χ2v) is 4.70. The molecule has 13 heavy (non-hydrogen) atoms.